The van der Waals surface area contributed by atoms with Crippen molar-refractivity contribution in [3.8, 4) is 11.4 Å². The quantitative estimate of drug-likeness (QED) is 0.717. The lowest BCUT2D eigenvalue weighted by atomic mass is 10.1. The summed E-state index contributed by atoms with van der Waals surface area (Å²) in [5.41, 5.74) is 10.6. The third-order valence-corrected chi connectivity index (χ3v) is 3.41. The zero-order chi connectivity index (χ0) is 14.1. The average Bonchev–Trinajstić information content (AvgIpc) is 2.80. The first kappa shape index (κ1) is 12.7. The largest absolute Gasteiger partial charge is 0.397 e. The van der Waals surface area contributed by atoms with Crippen LogP contribution in [0.4, 0.5) is 5.69 Å². The minimum absolute atomic E-state index is 0.0685. The minimum atomic E-state index is 0.0685. The summed E-state index contributed by atoms with van der Waals surface area (Å²) in [6, 6.07) is 13.9. The minimum Gasteiger partial charge on any atom is -0.397 e. The molecule has 1 heterocycles. The van der Waals surface area contributed by atoms with Gasteiger partial charge in [0.25, 0.3) is 0 Å². The molecule has 0 radical (unpaired) electrons. The monoisotopic (exact) mass is 267 g/mol. The number of aromatic nitrogens is 2. The summed E-state index contributed by atoms with van der Waals surface area (Å²) in [5, 5.41) is 9.31. The number of aliphatic hydroxyl groups is 1. The zero-order valence-corrected chi connectivity index (χ0v) is 11.4. The predicted octanol–water partition coefficient (Wildman–Crippen LogP) is 2.59. The van der Waals surface area contributed by atoms with Crippen molar-refractivity contribution in [2.24, 2.45) is 0 Å². The molecule has 0 spiro atoms. The van der Waals surface area contributed by atoms with Gasteiger partial charge in [0.1, 0.15) is 11.3 Å². The van der Waals surface area contributed by atoms with Crippen LogP contribution in [0.2, 0.25) is 0 Å². The molecule has 4 nitrogen and oxygen atoms in total. The van der Waals surface area contributed by atoms with Crippen LogP contribution in [0.15, 0.2) is 42.5 Å². The highest BCUT2D eigenvalue weighted by atomic mass is 16.3. The van der Waals surface area contributed by atoms with Gasteiger partial charge in [-0.2, -0.15) is 0 Å². The van der Waals surface area contributed by atoms with E-state index in [9.17, 15) is 5.11 Å². The third kappa shape index (κ3) is 2.04. The van der Waals surface area contributed by atoms with Crippen LogP contribution < -0.4 is 5.73 Å². The van der Waals surface area contributed by atoms with E-state index in [4.69, 9.17) is 5.73 Å². The van der Waals surface area contributed by atoms with Crippen molar-refractivity contribution in [2.75, 3.05) is 12.3 Å². The van der Waals surface area contributed by atoms with Gasteiger partial charge >= 0.3 is 0 Å². The summed E-state index contributed by atoms with van der Waals surface area (Å²) in [6.07, 6.45) is 0. The Kier molecular flexibility index (Phi) is 3.16. The first-order chi connectivity index (χ1) is 9.70. The Morgan fingerprint density at radius 3 is 2.75 bits per heavy atom. The topological polar surface area (TPSA) is 64.1 Å². The fourth-order valence-corrected chi connectivity index (χ4v) is 2.50. The highest BCUT2D eigenvalue weighted by Gasteiger charge is 2.13. The normalized spacial score (nSPS) is 11.1. The Morgan fingerprint density at radius 1 is 1.20 bits per heavy atom. The van der Waals surface area contributed by atoms with Gasteiger partial charge in [0.2, 0.25) is 0 Å². The molecule has 0 aliphatic rings. The van der Waals surface area contributed by atoms with E-state index < -0.39 is 0 Å². The van der Waals surface area contributed by atoms with Gasteiger partial charge in [-0.3, -0.25) is 0 Å². The summed E-state index contributed by atoms with van der Waals surface area (Å²) in [4.78, 5) is 4.67. The van der Waals surface area contributed by atoms with E-state index in [1.54, 1.807) is 0 Å². The number of fused-ring (bicyclic) bond motifs is 1. The molecule has 0 amide bonds. The SMILES string of the molecule is Cc1cccc(-c2nc3c(N)cccc3n2CCO)c1. The molecule has 2 aromatic carbocycles. The van der Waals surface area contributed by atoms with Crippen LogP contribution in [0, 0.1) is 6.92 Å². The van der Waals surface area contributed by atoms with Crippen LogP contribution in [0.3, 0.4) is 0 Å². The Hall–Kier alpha value is -2.33. The average molecular weight is 267 g/mol. The number of nitrogen functional groups attached to an aromatic ring is 1. The van der Waals surface area contributed by atoms with Crippen LogP contribution in [-0.4, -0.2) is 21.3 Å². The Bertz CT molecular complexity index is 762. The van der Waals surface area contributed by atoms with E-state index in [2.05, 4.69) is 24.0 Å². The lowest BCUT2D eigenvalue weighted by Gasteiger charge is -2.08. The smallest absolute Gasteiger partial charge is 0.141 e. The van der Waals surface area contributed by atoms with Gasteiger partial charge in [0.05, 0.1) is 17.8 Å². The molecule has 0 aliphatic carbocycles. The molecule has 0 saturated carbocycles. The number of hydrogen-bond donors (Lipinski definition) is 2. The fourth-order valence-electron chi connectivity index (χ4n) is 2.50. The van der Waals surface area contributed by atoms with E-state index in [0.29, 0.717) is 12.2 Å². The number of nitrogens with zero attached hydrogens (tertiary/aromatic N) is 2. The second-order valence-corrected chi connectivity index (χ2v) is 4.90. The first-order valence-corrected chi connectivity index (χ1v) is 6.63. The highest BCUT2D eigenvalue weighted by molar-refractivity contribution is 5.90. The third-order valence-electron chi connectivity index (χ3n) is 3.41. The molecule has 0 fully saturated rings. The van der Waals surface area contributed by atoms with E-state index in [-0.39, 0.29) is 6.61 Å². The number of imidazole rings is 1. The van der Waals surface area contributed by atoms with Crippen molar-refractivity contribution in [3.63, 3.8) is 0 Å². The molecule has 1 aromatic heterocycles. The second-order valence-electron chi connectivity index (χ2n) is 4.90. The number of para-hydroxylation sites is 1. The van der Waals surface area contributed by atoms with Gasteiger partial charge in [-0.15, -0.1) is 0 Å². The number of hydrogen-bond acceptors (Lipinski definition) is 3. The molecule has 4 heteroatoms. The lowest BCUT2D eigenvalue weighted by Crippen LogP contribution is -2.04. The lowest BCUT2D eigenvalue weighted by molar-refractivity contribution is 0.278. The van der Waals surface area contributed by atoms with Gasteiger partial charge in [-0.1, -0.05) is 29.8 Å². The van der Waals surface area contributed by atoms with Crippen LogP contribution >= 0.6 is 0 Å². The summed E-state index contributed by atoms with van der Waals surface area (Å²) in [6.45, 7) is 2.62. The molecule has 0 saturated heterocycles. The van der Waals surface area contributed by atoms with Gasteiger partial charge in [0.15, 0.2) is 0 Å². The molecule has 0 aliphatic heterocycles. The molecule has 0 unspecified atom stereocenters. The fraction of sp³-hybridized carbons (Fsp3) is 0.188. The Morgan fingerprint density at radius 2 is 2.00 bits per heavy atom. The molecule has 0 bridgehead atoms. The molecule has 3 aromatic rings. The molecule has 3 rings (SSSR count). The summed E-state index contributed by atoms with van der Waals surface area (Å²) in [7, 11) is 0. The summed E-state index contributed by atoms with van der Waals surface area (Å²) >= 11 is 0. The molecular weight excluding hydrogens is 250 g/mol. The van der Waals surface area contributed by atoms with Gasteiger partial charge in [-0.25, -0.2) is 4.98 Å². The Balaban J connectivity index is 2.29. The number of aliphatic hydroxyl groups excluding tert-OH is 1. The number of rotatable bonds is 3. The number of aryl methyl sites for hydroxylation is 1. The van der Waals surface area contributed by atoms with E-state index in [1.165, 1.54) is 5.56 Å². The number of anilines is 1. The van der Waals surface area contributed by atoms with E-state index in [0.717, 1.165) is 22.4 Å². The molecular formula is C16H17N3O. The summed E-state index contributed by atoms with van der Waals surface area (Å²) in [5.74, 6) is 0.843. The van der Waals surface area contributed by atoms with Crippen molar-refractivity contribution in [3.05, 3.63) is 48.0 Å². The maximum absolute atomic E-state index is 9.31. The van der Waals surface area contributed by atoms with Gasteiger partial charge < -0.3 is 15.4 Å². The maximum Gasteiger partial charge on any atom is 0.141 e. The van der Waals surface area contributed by atoms with Crippen LogP contribution in [0.1, 0.15) is 5.56 Å². The highest BCUT2D eigenvalue weighted by Crippen LogP contribution is 2.28. The Labute approximate surface area is 117 Å². The second kappa shape index (κ2) is 4.98. The van der Waals surface area contributed by atoms with Crippen molar-refractivity contribution in [2.45, 2.75) is 13.5 Å². The van der Waals surface area contributed by atoms with E-state index >= 15 is 0 Å². The molecule has 20 heavy (non-hydrogen) atoms. The van der Waals surface area contributed by atoms with Crippen molar-refractivity contribution in [1.82, 2.24) is 9.55 Å². The zero-order valence-electron chi connectivity index (χ0n) is 11.4. The number of nitrogens with two attached hydrogens (primary N) is 1. The van der Waals surface area contributed by atoms with Crippen molar-refractivity contribution in [1.29, 1.82) is 0 Å². The van der Waals surface area contributed by atoms with Crippen LogP contribution in [0.25, 0.3) is 22.4 Å². The van der Waals surface area contributed by atoms with Crippen molar-refractivity contribution < 1.29 is 5.11 Å². The molecule has 102 valence electrons. The van der Waals surface area contributed by atoms with Crippen LogP contribution in [0.5, 0.6) is 0 Å². The maximum atomic E-state index is 9.31. The standard InChI is InChI=1S/C16H17N3O/c1-11-4-2-5-12(10-11)16-18-15-13(17)6-3-7-14(15)19(16)8-9-20/h2-7,10,20H,8-9,17H2,1H3. The van der Waals surface area contributed by atoms with Crippen LogP contribution in [-0.2, 0) is 6.54 Å². The van der Waals surface area contributed by atoms with Gasteiger partial charge in [-0.05, 0) is 25.1 Å². The number of benzene rings is 2. The van der Waals surface area contributed by atoms with Gasteiger partial charge in [0, 0.05) is 12.1 Å². The molecule has 3 N–H and O–H groups in total. The molecule has 0 atom stereocenters. The first-order valence-electron chi connectivity index (χ1n) is 6.63. The predicted molar refractivity (Wildman–Crippen MR) is 81.4 cm³/mol. The van der Waals surface area contributed by atoms with Crippen molar-refractivity contribution >= 4 is 16.7 Å². The summed E-state index contributed by atoms with van der Waals surface area (Å²) < 4.78 is 2.01. The van der Waals surface area contributed by atoms with E-state index in [1.807, 2.05) is 34.9 Å².